The number of nitrogens with zero attached hydrogens (tertiary/aromatic N) is 3. The summed E-state index contributed by atoms with van der Waals surface area (Å²) in [5, 5.41) is 3.37. The summed E-state index contributed by atoms with van der Waals surface area (Å²) >= 11 is 0. The zero-order valence-electron chi connectivity index (χ0n) is 10.8. The smallest absolute Gasteiger partial charge is 0.312 e. The Labute approximate surface area is 96.8 Å². The molecule has 5 nitrogen and oxygen atoms in total. The lowest BCUT2D eigenvalue weighted by atomic mass is 9.69. The quantitative estimate of drug-likeness (QED) is 0.237. The molecule has 0 saturated carbocycles. The summed E-state index contributed by atoms with van der Waals surface area (Å²) in [5.41, 5.74) is 7.39. The van der Waals surface area contributed by atoms with Gasteiger partial charge < -0.3 is 4.74 Å². The molecule has 0 aliphatic rings. The van der Waals surface area contributed by atoms with Crippen LogP contribution < -0.4 is 0 Å². The second-order valence-electron chi connectivity index (χ2n) is 5.32. The molecule has 0 rings (SSSR count). The maximum Gasteiger partial charge on any atom is 0.312 e. The van der Waals surface area contributed by atoms with Gasteiger partial charge in [-0.05, 0) is 31.2 Å². The van der Waals surface area contributed by atoms with Crippen molar-refractivity contribution >= 4 is 5.97 Å². The van der Waals surface area contributed by atoms with E-state index in [4.69, 9.17) is 10.3 Å². The van der Waals surface area contributed by atoms with E-state index in [9.17, 15) is 4.79 Å². The molecule has 0 atom stereocenters. The van der Waals surface area contributed by atoms with E-state index < -0.39 is 5.41 Å². The highest BCUT2D eigenvalue weighted by molar-refractivity contribution is 5.76. The van der Waals surface area contributed by atoms with Crippen LogP contribution in [0.15, 0.2) is 5.11 Å². The van der Waals surface area contributed by atoms with E-state index in [0.717, 1.165) is 0 Å². The summed E-state index contributed by atoms with van der Waals surface area (Å²) in [7, 11) is 0. The number of hydrogen-bond acceptors (Lipinski definition) is 3. The molecule has 0 aromatic heterocycles. The predicted molar refractivity (Wildman–Crippen MR) is 62.8 cm³/mol. The number of azide groups is 1. The monoisotopic (exact) mass is 227 g/mol. The minimum Gasteiger partial charge on any atom is -0.465 e. The molecule has 0 fully saturated rings. The highest BCUT2D eigenvalue weighted by Crippen LogP contribution is 2.38. The number of rotatable bonds is 5. The van der Waals surface area contributed by atoms with Gasteiger partial charge in [0.15, 0.2) is 0 Å². The highest BCUT2D eigenvalue weighted by atomic mass is 16.5. The highest BCUT2D eigenvalue weighted by Gasteiger charge is 2.40. The van der Waals surface area contributed by atoms with E-state index >= 15 is 0 Å². The lowest BCUT2D eigenvalue weighted by molar-refractivity contribution is -0.160. The van der Waals surface area contributed by atoms with E-state index in [1.165, 1.54) is 0 Å². The van der Waals surface area contributed by atoms with Crippen molar-refractivity contribution in [3.05, 3.63) is 10.4 Å². The third-order valence-electron chi connectivity index (χ3n) is 3.08. The third kappa shape index (κ3) is 4.11. The fourth-order valence-electron chi connectivity index (χ4n) is 0.831. The molecule has 0 amide bonds. The minimum absolute atomic E-state index is 0.144. The van der Waals surface area contributed by atoms with E-state index in [-0.39, 0.29) is 11.4 Å². The molecule has 0 aromatic rings. The van der Waals surface area contributed by atoms with Crippen LogP contribution in [0.1, 0.15) is 41.0 Å². The Bertz CT molecular complexity index is 286. The predicted octanol–water partition coefficient (Wildman–Crippen LogP) is 3.30. The lowest BCUT2D eigenvalue weighted by Gasteiger charge is -2.36. The summed E-state index contributed by atoms with van der Waals surface area (Å²) in [4.78, 5) is 14.4. The van der Waals surface area contributed by atoms with Crippen molar-refractivity contribution in [2.75, 3.05) is 13.2 Å². The normalized spacial score (nSPS) is 11.8. The molecule has 0 aliphatic carbocycles. The van der Waals surface area contributed by atoms with Gasteiger partial charge in [-0.3, -0.25) is 4.79 Å². The summed E-state index contributed by atoms with van der Waals surface area (Å²) in [6.45, 7) is 10.4. The number of esters is 1. The van der Waals surface area contributed by atoms with Crippen molar-refractivity contribution in [3.8, 4) is 0 Å². The number of carbonyl (C=O) groups is 1. The van der Waals surface area contributed by atoms with Gasteiger partial charge in [0.25, 0.3) is 0 Å². The molecule has 0 heterocycles. The average Bonchev–Trinajstić information content (AvgIpc) is 2.15. The van der Waals surface area contributed by atoms with E-state index in [1.807, 2.05) is 34.6 Å². The largest absolute Gasteiger partial charge is 0.465 e. The van der Waals surface area contributed by atoms with Gasteiger partial charge in [-0.2, -0.15) is 0 Å². The Morgan fingerprint density at radius 3 is 2.31 bits per heavy atom. The van der Waals surface area contributed by atoms with E-state index in [2.05, 4.69) is 10.0 Å². The van der Waals surface area contributed by atoms with Gasteiger partial charge in [0, 0.05) is 11.5 Å². The van der Waals surface area contributed by atoms with Crippen LogP contribution in [0.3, 0.4) is 0 Å². The first kappa shape index (κ1) is 14.8. The van der Waals surface area contributed by atoms with Gasteiger partial charge >= 0.3 is 5.97 Å². The standard InChI is InChI=1S/C11H21N3O2/c1-10(2,3)11(4,5)9(15)16-8-6-7-13-14-12/h6-8H2,1-5H3. The van der Waals surface area contributed by atoms with Crippen molar-refractivity contribution in [2.45, 2.75) is 41.0 Å². The Balaban J connectivity index is 4.11. The second-order valence-corrected chi connectivity index (χ2v) is 5.32. The van der Waals surface area contributed by atoms with Crippen LogP contribution in [-0.4, -0.2) is 19.1 Å². The zero-order chi connectivity index (χ0) is 12.8. The third-order valence-corrected chi connectivity index (χ3v) is 3.08. The molecule has 92 valence electrons. The van der Waals surface area contributed by atoms with Gasteiger partial charge in [-0.15, -0.1) is 0 Å². The molecule has 0 saturated heterocycles. The minimum atomic E-state index is -0.522. The second kappa shape index (κ2) is 5.75. The van der Waals surface area contributed by atoms with Gasteiger partial charge in [-0.1, -0.05) is 25.9 Å². The van der Waals surface area contributed by atoms with Crippen LogP contribution in [0.25, 0.3) is 10.4 Å². The van der Waals surface area contributed by atoms with Crippen LogP contribution >= 0.6 is 0 Å². The number of hydrogen-bond donors (Lipinski definition) is 0. The van der Waals surface area contributed by atoms with Gasteiger partial charge in [0.1, 0.15) is 0 Å². The molecule has 0 radical (unpaired) electrons. The molecule has 0 spiro atoms. The van der Waals surface area contributed by atoms with Crippen molar-refractivity contribution in [1.82, 2.24) is 0 Å². The van der Waals surface area contributed by atoms with Crippen LogP contribution in [0, 0.1) is 10.8 Å². The Kier molecular flexibility index (Phi) is 5.31. The van der Waals surface area contributed by atoms with Crippen LogP contribution in [-0.2, 0) is 9.53 Å². The Morgan fingerprint density at radius 2 is 1.88 bits per heavy atom. The maximum absolute atomic E-state index is 11.8. The van der Waals surface area contributed by atoms with Crippen molar-refractivity contribution < 1.29 is 9.53 Å². The molecule has 0 bridgehead atoms. The topological polar surface area (TPSA) is 75.1 Å². The average molecular weight is 227 g/mol. The van der Waals surface area contributed by atoms with Crippen molar-refractivity contribution in [3.63, 3.8) is 0 Å². The first-order valence-corrected chi connectivity index (χ1v) is 5.41. The van der Waals surface area contributed by atoms with Crippen molar-refractivity contribution in [2.24, 2.45) is 15.9 Å². The summed E-state index contributed by atoms with van der Waals surface area (Å²) in [5.74, 6) is -0.207. The molecule has 0 unspecified atom stereocenters. The van der Waals surface area contributed by atoms with Crippen LogP contribution in [0.4, 0.5) is 0 Å². The Hall–Kier alpha value is -1.22. The van der Waals surface area contributed by atoms with Gasteiger partial charge in [0.05, 0.1) is 12.0 Å². The van der Waals surface area contributed by atoms with E-state index in [0.29, 0.717) is 19.6 Å². The summed E-state index contributed by atoms with van der Waals surface area (Å²) in [6, 6.07) is 0. The fraction of sp³-hybridized carbons (Fsp3) is 0.909. The maximum atomic E-state index is 11.8. The van der Waals surface area contributed by atoms with Crippen molar-refractivity contribution in [1.29, 1.82) is 0 Å². The van der Waals surface area contributed by atoms with Gasteiger partial charge in [-0.25, -0.2) is 0 Å². The van der Waals surface area contributed by atoms with E-state index in [1.54, 1.807) is 0 Å². The summed E-state index contributed by atoms with van der Waals surface area (Å²) < 4.78 is 5.16. The molecule has 5 heteroatoms. The zero-order valence-corrected chi connectivity index (χ0v) is 10.8. The molecule has 0 aromatic carbocycles. The van der Waals surface area contributed by atoms with Crippen LogP contribution in [0.2, 0.25) is 0 Å². The van der Waals surface area contributed by atoms with Gasteiger partial charge in [0.2, 0.25) is 0 Å². The molecule has 0 aliphatic heterocycles. The first-order chi connectivity index (χ1) is 7.23. The summed E-state index contributed by atoms with van der Waals surface area (Å²) in [6.07, 6.45) is 0.565. The molecular weight excluding hydrogens is 206 g/mol. The molecular formula is C11H21N3O2. The van der Waals surface area contributed by atoms with Crippen LogP contribution in [0.5, 0.6) is 0 Å². The fourth-order valence-corrected chi connectivity index (χ4v) is 0.831. The number of ether oxygens (including phenoxy) is 1. The lowest BCUT2D eigenvalue weighted by Crippen LogP contribution is -2.39. The SMILES string of the molecule is CC(C)(C)C(C)(C)C(=O)OCCCN=[N+]=[N-]. The Morgan fingerprint density at radius 1 is 1.31 bits per heavy atom. The molecule has 16 heavy (non-hydrogen) atoms. The first-order valence-electron chi connectivity index (χ1n) is 5.41. The molecule has 0 N–H and O–H groups in total. The number of carbonyl (C=O) groups excluding carboxylic acids is 1.